The number of benzene rings is 1. The first kappa shape index (κ1) is 18.1. The average molecular weight is 309 g/mol. The largest absolute Gasteiger partial charge is 0.496 e. The molecule has 22 heavy (non-hydrogen) atoms. The van der Waals surface area contributed by atoms with Gasteiger partial charge in [-0.1, -0.05) is 26.2 Å². The van der Waals surface area contributed by atoms with Crippen LogP contribution in [0.3, 0.4) is 0 Å². The molecule has 5 heteroatoms. The predicted octanol–water partition coefficient (Wildman–Crippen LogP) is 3.57. The second-order valence-electron chi connectivity index (χ2n) is 5.31. The van der Waals surface area contributed by atoms with Gasteiger partial charge in [0.15, 0.2) is 0 Å². The molecule has 0 radical (unpaired) electrons. The molecule has 124 valence electrons. The van der Waals surface area contributed by atoms with Crippen LogP contribution < -0.4 is 14.8 Å². The lowest BCUT2D eigenvalue weighted by atomic mass is 9.92. The lowest BCUT2D eigenvalue weighted by Crippen LogP contribution is -2.17. The summed E-state index contributed by atoms with van der Waals surface area (Å²) >= 11 is 0. The molecule has 0 saturated carbocycles. The number of carboxylic acid groups (broad SMARTS) is 1. The van der Waals surface area contributed by atoms with Gasteiger partial charge in [0.05, 0.1) is 25.8 Å². The fourth-order valence-electron chi connectivity index (χ4n) is 2.62. The Labute approximate surface area is 132 Å². The lowest BCUT2D eigenvalue weighted by Gasteiger charge is -2.19. The van der Waals surface area contributed by atoms with Gasteiger partial charge in [-0.25, -0.2) is 0 Å². The van der Waals surface area contributed by atoms with Crippen molar-refractivity contribution >= 4 is 11.7 Å². The topological polar surface area (TPSA) is 67.8 Å². The van der Waals surface area contributed by atoms with Crippen molar-refractivity contribution in [2.45, 2.75) is 39.0 Å². The Bertz CT molecular complexity index is 488. The second kappa shape index (κ2) is 9.18. The Morgan fingerprint density at radius 2 is 2.00 bits per heavy atom. The van der Waals surface area contributed by atoms with E-state index in [4.69, 9.17) is 9.47 Å². The van der Waals surface area contributed by atoms with Gasteiger partial charge in [0.25, 0.3) is 0 Å². The zero-order valence-corrected chi connectivity index (χ0v) is 13.9. The van der Waals surface area contributed by atoms with Crippen LogP contribution in [0.25, 0.3) is 0 Å². The van der Waals surface area contributed by atoms with Crippen LogP contribution in [0.5, 0.6) is 11.5 Å². The SMILES string of the molecule is CCCCCC(Cc1c(OC)ccc(NC)c1OC)C(=O)O. The molecule has 0 spiro atoms. The number of nitrogens with one attached hydrogen (secondary N) is 1. The summed E-state index contributed by atoms with van der Waals surface area (Å²) in [5.41, 5.74) is 1.64. The van der Waals surface area contributed by atoms with Gasteiger partial charge in [-0.2, -0.15) is 0 Å². The molecule has 0 aliphatic heterocycles. The predicted molar refractivity (Wildman–Crippen MR) is 88.1 cm³/mol. The van der Waals surface area contributed by atoms with Gasteiger partial charge in [-0.15, -0.1) is 0 Å². The molecule has 0 aromatic heterocycles. The molecule has 1 aromatic rings. The van der Waals surface area contributed by atoms with Gasteiger partial charge in [0.2, 0.25) is 0 Å². The zero-order valence-electron chi connectivity index (χ0n) is 13.9. The Hall–Kier alpha value is -1.91. The standard InChI is InChI=1S/C17H27NO4/c1-5-6-7-8-12(17(19)20)11-13-15(21-3)10-9-14(18-2)16(13)22-4/h9-10,12,18H,5-8,11H2,1-4H3,(H,19,20). The molecular formula is C17H27NO4. The molecule has 0 fully saturated rings. The van der Waals surface area contributed by atoms with E-state index >= 15 is 0 Å². The highest BCUT2D eigenvalue weighted by atomic mass is 16.5. The summed E-state index contributed by atoms with van der Waals surface area (Å²) in [6, 6.07) is 3.71. The maximum Gasteiger partial charge on any atom is 0.306 e. The third-order valence-corrected chi connectivity index (χ3v) is 3.87. The molecule has 0 amide bonds. The minimum absolute atomic E-state index is 0.404. The van der Waals surface area contributed by atoms with Crippen LogP contribution in [0.15, 0.2) is 12.1 Å². The highest BCUT2D eigenvalue weighted by Gasteiger charge is 2.23. The van der Waals surface area contributed by atoms with E-state index in [9.17, 15) is 9.90 Å². The van der Waals surface area contributed by atoms with Crippen LogP contribution in [0.4, 0.5) is 5.69 Å². The highest BCUT2D eigenvalue weighted by molar-refractivity contribution is 5.72. The molecule has 1 rings (SSSR count). The normalized spacial score (nSPS) is 11.8. The van der Waals surface area contributed by atoms with Crippen LogP contribution in [0.2, 0.25) is 0 Å². The molecule has 5 nitrogen and oxygen atoms in total. The Kier molecular flexibility index (Phi) is 7.57. The van der Waals surface area contributed by atoms with Crippen molar-refractivity contribution in [2.75, 3.05) is 26.6 Å². The molecule has 1 aromatic carbocycles. The number of carboxylic acids is 1. The molecule has 2 N–H and O–H groups in total. The smallest absolute Gasteiger partial charge is 0.306 e. The molecule has 0 heterocycles. The third kappa shape index (κ3) is 4.55. The molecule has 1 unspecified atom stereocenters. The summed E-state index contributed by atoms with van der Waals surface area (Å²) in [6.07, 6.45) is 4.12. The van der Waals surface area contributed by atoms with E-state index in [0.717, 1.165) is 30.5 Å². The number of unbranched alkanes of at least 4 members (excludes halogenated alkanes) is 2. The van der Waals surface area contributed by atoms with E-state index in [2.05, 4.69) is 12.2 Å². The van der Waals surface area contributed by atoms with Gasteiger partial charge < -0.3 is 19.9 Å². The Morgan fingerprint density at radius 1 is 1.27 bits per heavy atom. The number of ether oxygens (including phenoxy) is 2. The number of hydrogen-bond acceptors (Lipinski definition) is 4. The minimum atomic E-state index is -0.768. The zero-order chi connectivity index (χ0) is 16.5. The summed E-state index contributed by atoms with van der Waals surface area (Å²) in [6.45, 7) is 2.11. The average Bonchev–Trinajstić information content (AvgIpc) is 2.52. The quantitative estimate of drug-likeness (QED) is 0.647. The molecular weight excluding hydrogens is 282 g/mol. The molecule has 0 aliphatic rings. The van der Waals surface area contributed by atoms with Crippen molar-refractivity contribution in [3.05, 3.63) is 17.7 Å². The second-order valence-corrected chi connectivity index (χ2v) is 5.31. The van der Waals surface area contributed by atoms with E-state index in [1.165, 1.54) is 0 Å². The van der Waals surface area contributed by atoms with Gasteiger partial charge >= 0.3 is 5.97 Å². The molecule has 1 atom stereocenters. The lowest BCUT2D eigenvalue weighted by molar-refractivity contribution is -0.142. The van der Waals surface area contributed by atoms with Crippen LogP contribution in [0, 0.1) is 5.92 Å². The fraction of sp³-hybridized carbons (Fsp3) is 0.588. The van der Waals surface area contributed by atoms with Gasteiger partial charge in [0.1, 0.15) is 11.5 Å². The Morgan fingerprint density at radius 3 is 2.50 bits per heavy atom. The van der Waals surface area contributed by atoms with Crippen molar-refractivity contribution in [3.63, 3.8) is 0 Å². The van der Waals surface area contributed by atoms with Gasteiger partial charge in [-0.05, 0) is 25.0 Å². The number of methoxy groups -OCH3 is 2. The summed E-state index contributed by atoms with van der Waals surface area (Å²) in [7, 11) is 4.99. The van der Waals surface area contributed by atoms with Crippen molar-refractivity contribution in [2.24, 2.45) is 5.92 Å². The summed E-state index contributed by atoms with van der Waals surface area (Å²) in [4.78, 5) is 11.6. The first-order valence-electron chi connectivity index (χ1n) is 7.73. The molecule has 0 bridgehead atoms. The van der Waals surface area contributed by atoms with Crippen LogP contribution in [-0.2, 0) is 11.2 Å². The number of carbonyl (C=O) groups is 1. The fourth-order valence-corrected chi connectivity index (χ4v) is 2.62. The van der Waals surface area contributed by atoms with E-state index < -0.39 is 11.9 Å². The van der Waals surface area contributed by atoms with E-state index in [-0.39, 0.29) is 0 Å². The first-order chi connectivity index (χ1) is 10.6. The van der Waals surface area contributed by atoms with E-state index in [1.54, 1.807) is 14.2 Å². The first-order valence-corrected chi connectivity index (χ1v) is 7.73. The van der Waals surface area contributed by atoms with Crippen molar-refractivity contribution in [1.29, 1.82) is 0 Å². The van der Waals surface area contributed by atoms with Crippen molar-refractivity contribution in [3.8, 4) is 11.5 Å². The summed E-state index contributed by atoms with van der Waals surface area (Å²) < 4.78 is 10.9. The van der Waals surface area contributed by atoms with Crippen LogP contribution in [0.1, 0.15) is 38.2 Å². The van der Waals surface area contributed by atoms with Crippen molar-refractivity contribution < 1.29 is 19.4 Å². The number of anilines is 1. The van der Waals surface area contributed by atoms with Gasteiger partial charge in [0, 0.05) is 12.6 Å². The van der Waals surface area contributed by atoms with Crippen molar-refractivity contribution in [1.82, 2.24) is 0 Å². The monoisotopic (exact) mass is 309 g/mol. The molecule has 0 aliphatic carbocycles. The third-order valence-electron chi connectivity index (χ3n) is 3.87. The minimum Gasteiger partial charge on any atom is -0.496 e. The number of aliphatic carboxylic acids is 1. The number of hydrogen-bond donors (Lipinski definition) is 2. The maximum atomic E-state index is 11.6. The Balaban J connectivity index is 3.08. The molecule has 0 saturated heterocycles. The number of rotatable bonds is 10. The van der Waals surface area contributed by atoms with E-state index in [1.807, 2.05) is 19.2 Å². The summed E-state index contributed by atoms with van der Waals surface area (Å²) in [5, 5.41) is 12.6. The highest BCUT2D eigenvalue weighted by Crippen LogP contribution is 2.37. The summed E-state index contributed by atoms with van der Waals surface area (Å²) in [5.74, 6) is 0.123. The van der Waals surface area contributed by atoms with Gasteiger partial charge in [-0.3, -0.25) is 4.79 Å². The van der Waals surface area contributed by atoms with E-state index in [0.29, 0.717) is 24.3 Å². The maximum absolute atomic E-state index is 11.6. The van der Waals surface area contributed by atoms with Crippen LogP contribution >= 0.6 is 0 Å². The van der Waals surface area contributed by atoms with Crippen LogP contribution in [-0.4, -0.2) is 32.3 Å².